The molecule has 4 heteroatoms. The Bertz CT molecular complexity index is 842. The molecule has 1 heterocycles. The van der Waals surface area contributed by atoms with Gasteiger partial charge in [0.15, 0.2) is 0 Å². The number of rotatable bonds is 6. The molecule has 0 unspecified atom stereocenters. The van der Waals surface area contributed by atoms with Crippen molar-refractivity contribution < 1.29 is 9.53 Å². The molecule has 128 valence electrons. The van der Waals surface area contributed by atoms with Gasteiger partial charge in [0.25, 0.3) is 5.91 Å². The molecule has 0 bridgehead atoms. The van der Waals surface area contributed by atoms with E-state index < -0.39 is 0 Å². The molecule has 0 aliphatic rings. The Kier molecular flexibility index (Phi) is 5.51. The van der Waals surface area contributed by atoms with Crippen LogP contribution < -0.4 is 10.1 Å². The Morgan fingerprint density at radius 2 is 1.92 bits per heavy atom. The van der Waals surface area contributed by atoms with Crippen molar-refractivity contribution in [1.82, 2.24) is 5.32 Å². The smallest absolute Gasteiger partial charge is 0.262 e. The summed E-state index contributed by atoms with van der Waals surface area (Å²) in [5.41, 5.74) is 3.05. The topological polar surface area (TPSA) is 38.3 Å². The maximum absolute atomic E-state index is 12.8. The van der Waals surface area contributed by atoms with E-state index in [-0.39, 0.29) is 11.9 Å². The van der Waals surface area contributed by atoms with Gasteiger partial charge in [0.2, 0.25) is 0 Å². The molecular weight excluding hydrogens is 330 g/mol. The van der Waals surface area contributed by atoms with Gasteiger partial charge in [0, 0.05) is 5.56 Å². The van der Waals surface area contributed by atoms with Crippen LogP contribution in [0.2, 0.25) is 0 Å². The van der Waals surface area contributed by atoms with Crippen LogP contribution in [-0.4, -0.2) is 12.5 Å². The summed E-state index contributed by atoms with van der Waals surface area (Å²) in [7, 11) is 0. The second kappa shape index (κ2) is 7.99. The largest absolute Gasteiger partial charge is 0.494 e. The van der Waals surface area contributed by atoms with Crippen LogP contribution in [0.1, 0.15) is 35.1 Å². The average molecular weight is 351 g/mol. The van der Waals surface area contributed by atoms with Crippen LogP contribution in [0.5, 0.6) is 5.75 Å². The summed E-state index contributed by atoms with van der Waals surface area (Å²) >= 11 is 1.46. The summed E-state index contributed by atoms with van der Waals surface area (Å²) in [5.74, 6) is 0.769. The third-order valence-electron chi connectivity index (χ3n) is 3.97. The van der Waals surface area contributed by atoms with Crippen molar-refractivity contribution >= 4 is 17.2 Å². The number of amides is 1. The zero-order valence-electron chi connectivity index (χ0n) is 14.4. The summed E-state index contributed by atoms with van der Waals surface area (Å²) in [4.78, 5) is 13.5. The fraction of sp³-hybridized carbons (Fsp3) is 0.190. The number of benzene rings is 2. The van der Waals surface area contributed by atoms with Crippen molar-refractivity contribution in [2.24, 2.45) is 0 Å². The second-order valence-corrected chi connectivity index (χ2v) is 6.65. The van der Waals surface area contributed by atoms with E-state index in [1.54, 1.807) is 0 Å². The predicted octanol–water partition coefficient (Wildman–Crippen LogP) is 5.30. The van der Waals surface area contributed by atoms with Crippen LogP contribution in [0.15, 0.2) is 66.0 Å². The van der Waals surface area contributed by atoms with Crippen LogP contribution >= 0.6 is 11.3 Å². The second-order valence-electron chi connectivity index (χ2n) is 5.73. The van der Waals surface area contributed by atoms with E-state index in [0.717, 1.165) is 27.3 Å². The van der Waals surface area contributed by atoms with Gasteiger partial charge in [-0.1, -0.05) is 42.5 Å². The van der Waals surface area contributed by atoms with Crippen LogP contribution in [0.4, 0.5) is 0 Å². The third-order valence-corrected chi connectivity index (χ3v) is 4.89. The number of carbonyl (C=O) groups is 1. The van der Waals surface area contributed by atoms with E-state index in [0.29, 0.717) is 6.61 Å². The molecule has 1 N–H and O–H groups in total. The van der Waals surface area contributed by atoms with E-state index in [4.69, 9.17) is 4.74 Å². The number of hydrogen-bond acceptors (Lipinski definition) is 3. The van der Waals surface area contributed by atoms with Crippen LogP contribution in [-0.2, 0) is 0 Å². The molecule has 1 atom stereocenters. The van der Waals surface area contributed by atoms with Crippen LogP contribution in [0.3, 0.4) is 0 Å². The fourth-order valence-electron chi connectivity index (χ4n) is 2.72. The van der Waals surface area contributed by atoms with Gasteiger partial charge in [0.05, 0.1) is 17.5 Å². The van der Waals surface area contributed by atoms with Gasteiger partial charge in [-0.15, -0.1) is 11.3 Å². The highest BCUT2D eigenvalue weighted by Crippen LogP contribution is 2.29. The first-order chi connectivity index (χ1) is 12.2. The Morgan fingerprint density at radius 3 is 2.68 bits per heavy atom. The Morgan fingerprint density at radius 1 is 1.12 bits per heavy atom. The van der Waals surface area contributed by atoms with Crippen LogP contribution in [0, 0.1) is 0 Å². The summed E-state index contributed by atoms with van der Waals surface area (Å²) in [6.45, 7) is 4.57. The molecule has 3 aromatic rings. The summed E-state index contributed by atoms with van der Waals surface area (Å²) in [5, 5.41) is 5.05. The van der Waals surface area contributed by atoms with E-state index in [1.807, 2.05) is 79.9 Å². The van der Waals surface area contributed by atoms with Crippen molar-refractivity contribution in [3.8, 4) is 16.9 Å². The van der Waals surface area contributed by atoms with Gasteiger partial charge >= 0.3 is 0 Å². The number of ether oxygens (including phenoxy) is 1. The highest BCUT2D eigenvalue weighted by atomic mass is 32.1. The van der Waals surface area contributed by atoms with Crippen molar-refractivity contribution in [1.29, 1.82) is 0 Å². The van der Waals surface area contributed by atoms with Gasteiger partial charge in [-0.2, -0.15) is 0 Å². The predicted molar refractivity (Wildman–Crippen MR) is 103 cm³/mol. The van der Waals surface area contributed by atoms with Gasteiger partial charge in [0.1, 0.15) is 5.75 Å². The summed E-state index contributed by atoms with van der Waals surface area (Å²) in [6, 6.07) is 19.7. The maximum Gasteiger partial charge on any atom is 0.262 e. The number of carbonyl (C=O) groups excluding carboxylic acids is 1. The first-order valence-electron chi connectivity index (χ1n) is 8.35. The molecule has 0 saturated carbocycles. The van der Waals surface area contributed by atoms with Gasteiger partial charge < -0.3 is 10.1 Å². The zero-order valence-corrected chi connectivity index (χ0v) is 15.2. The Hall–Kier alpha value is -2.59. The molecule has 0 radical (unpaired) electrons. The molecular formula is C21H21NO2S. The SMILES string of the molecule is CCOc1cccc([C@H](C)NC(=O)c2sccc2-c2ccccc2)c1. The lowest BCUT2D eigenvalue weighted by molar-refractivity contribution is 0.0944. The van der Waals surface area contributed by atoms with Crippen molar-refractivity contribution in [3.63, 3.8) is 0 Å². The van der Waals surface area contributed by atoms with Crippen LogP contribution in [0.25, 0.3) is 11.1 Å². The van der Waals surface area contributed by atoms with Gasteiger partial charge in [-0.25, -0.2) is 0 Å². The molecule has 1 amide bonds. The Labute approximate surface area is 152 Å². The average Bonchev–Trinajstić information content (AvgIpc) is 3.13. The minimum Gasteiger partial charge on any atom is -0.494 e. The quantitative estimate of drug-likeness (QED) is 0.654. The molecule has 0 spiro atoms. The summed E-state index contributed by atoms with van der Waals surface area (Å²) in [6.07, 6.45) is 0. The van der Waals surface area contributed by atoms with E-state index >= 15 is 0 Å². The number of hydrogen-bond donors (Lipinski definition) is 1. The lowest BCUT2D eigenvalue weighted by atomic mass is 10.1. The van der Waals surface area contributed by atoms with E-state index in [1.165, 1.54) is 11.3 Å². The van der Waals surface area contributed by atoms with E-state index in [9.17, 15) is 4.79 Å². The lowest BCUT2D eigenvalue weighted by Crippen LogP contribution is -2.26. The monoisotopic (exact) mass is 351 g/mol. The summed E-state index contributed by atoms with van der Waals surface area (Å²) < 4.78 is 5.54. The highest BCUT2D eigenvalue weighted by Gasteiger charge is 2.17. The molecule has 0 aliphatic heterocycles. The fourth-order valence-corrected chi connectivity index (χ4v) is 3.54. The molecule has 25 heavy (non-hydrogen) atoms. The van der Waals surface area contributed by atoms with Crippen molar-refractivity contribution in [2.75, 3.05) is 6.61 Å². The third kappa shape index (κ3) is 4.09. The minimum atomic E-state index is -0.0985. The van der Waals surface area contributed by atoms with Gasteiger partial charge in [-0.05, 0) is 48.6 Å². The zero-order chi connectivity index (χ0) is 17.6. The van der Waals surface area contributed by atoms with E-state index in [2.05, 4.69) is 5.32 Å². The van der Waals surface area contributed by atoms with Gasteiger partial charge in [-0.3, -0.25) is 4.79 Å². The molecule has 1 aromatic heterocycles. The standard InChI is InChI=1S/C21H21NO2S/c1-3-24-18-11-7-10-17(14-18)15(2)22-21(23)20-19(12-13-25-20)16-8-5-4-6-9-16/h4-15H,3H2,1-2H3,(H,22,23)/t15-/m0/s1. The molecule has 3 nitrogen and oxygen atoms in total. The molecule has 3 rings (SSSR count). The first kappa shape index (κ1) is 17.2. The number of thiophene rings is 1. The van der Waals surface area contributed by atoms with Crippen molar-refractivity contribution in [3.05, 3.63) is 76.5 Å². The molecule has 0 fully saturated rings. The number of nitrogens with one attached hydrogen (secondary N) is 1. The maximum atomic E-state index is 12.8. The minimum absolute atomic E-state index is 0.0526. The Balaban J connectivity index is 1.77. The molecule has 0 saturated heterocycles. The van der Waals surface area contributed by atoms with Crippen molar-refractivity contribution in [2.45, 2.75) is 19.9 Å². The lowest BCUT2D eigenvalue weighted by Gasteiger charge is -2.15. The molecule has 0 aliphatic carbocycles. The molecule has 2 aromatic carbocycles. The first-order valence-corrected chi connectivity index (χ1v) is 9.23. The normalized spacial score (nSPS) is 11.8. The highest BCUT2D eigenvalue weighted by molar-refractivity contribution is 7.12.